The minimum Gasteiger partial charge on any atom is -0.496 e. The van der Waals surface area contributed by atoms with Crippen molar-refractivity contribution in [1.82, 2.24) is 23.8 Å². The normalized spacial score (nSPS) is 17.0. The number of amides is 1. The number of benzene rings is 1. The van der Waals surface area contributed by atoms with Crippen LogP contribution >= 0.6 is 11.3 Å². The first kappa shape index (κ1) is 32.1. The number of carbonyl (C=O) groups excluding carboxylic acids is 1. The van der Waals surface area contributed by atoms with Crippen molar-refractivity contribution in [2.45, 2.75) is 77.2 Å². The molecule has 2 aliphatic heterocycles. The van der Waals surface area contributed by atoms with E-state index in [2.05, 4.69) is 5.10 Å². The number of halogens is 1. The predicted molar refractivity (Wildman–Crippen MR) is 173 cm³/mol. The number of aryl methyl sites for hydroxylation is 1. The molecule has 3 aromatic heterocycles. The monoisotopic (exact) mass is 653 g/mol. The maximum absolute atomic E-state index is 14.8. The van der Waals surface area contributed by atoms with E-state index in [1.807, 2.05) is 6.92 Å². The quantitative estimate of drug-likeness (QED) is 0.261. The van der Waals surface area contributed by atoms with Crippen LogP contribution in [-0.4, -0.2) is 69.2 Å². The number of likely N-dealkylation sites (tertiary alicyclic amines) is 1. The van der Waals surface area contributed by atoms with Crippen LogP contribution in [0.1, 0.15) is 63.2 Å². The van der Waals surface area contributed by atoms with Crippen LogP contribution in [0.3, 0.4) is 0 Å². The lowest BCUT2D eigenvalue weighted by Gasteiger charge is -2.35. The van der Waals surface area contributed by atoms with Gasteiger partial charge in [-0.1, -0.05) is 11.3 Å². The summed E-state index contributed by atoms with van der Waals surface area (Å²) in [6.07, 6.45) is 6.44. The summed E-state index contributed by atoms with van der Waals surface area (Å²) in [5.74, 6) is -0.337. The van der Waals surface area contributed by atoms with Crippen LogP contribution in [-0.2, 0) is 26.4 Å². The number of piperidine rings is 1. The largest absolute Gasteiger partial charge is 0.496 e. The maximum Gasteiger partial charge on any atom is 0.333 e. The zero-order chi connectivity index (χ0) is 32.6. The number of carbonyl (C=O) groups is 1. The Bertz CT molecular complexity index is 1830. The molecule has 0 N–H and O–H groups in total. The van der Waals surface area contributed by atoms with Gasteiger partial charge in [-0.05, 0) is 77.1 Å². The van der Waals surface area contributed by atoms with Gasteiger partial charge in [0.05, 0.1) is 25.1 Å². The maximum atomic E-state index is 14.8. The third-order valence-corrected chi connectivity index (χ3v) is 10.3. The Morgan fingerprint density at radius 3 is 2.59 bits per heavy atom. The highest BCUT2D eigenvalue weighted by molar-refractivity contribution is 7.21. The molecule has 0 saturated carbocycles. The van der Waals surface area contributed by atoms with Crippen LogP contribution in [0.5, 0.6) is 5.75 Å². The van der Waals surface area contributed by atoms with E-state index in [9.17, 15) is 18.8 Å². The predicted octanol–water partition coefficient (Wildman–Crippen LogP) is 4.55. The first-order valence-electron chi connectivity index (χ1n) is 15.8. The summed E-state index contributed by atoms with van der Waals surface area (Å²) in [5, 5.41) is 5.38. The van der Waals surface area contributed by atoms with Crippen LogP contribution in [0.15, 0.2) is 46.2 Å². The summed E-state index contributed by atoms with van der Waals surface area (Å²) in [5.41, 5.74) is -1.57. The molecule has 1 atom stereocenters. The van der Waals surface area contributed by atoms with E-state index in [1.165, 1.54) is 41.2 Å². The Morgan fingerprint density at radius 2 is 1.91 bits per heavy atom. The van der Waals surface area contributed by atoms with Crippen molar-refractivity contribution in [1.29, 1.82) is 0 Å². The minimum atomic E-state index is -1.48. The standard InChI is InChI=1S/C33H40FN5O6S/c1-21-27-28(40)39(33(2,3)31(41)36-14-6-5-7-15-36)32(42)37(30(27)46-29(21)38-16-8-13-35-38)20-26(45-23-11-17-44-18-12-23)24-19-22(34)9-10-25(24)43-4/h8-10,13,16,19,23,26H,5-7,11-12,14-15,17-18,20H2,1-4H3/t26-/m0/s1. The summed E-state index contributed by atoms with van der Waals surface area (Å²) in [4.78, 5) is 45.2. The average Bonchev–Trinajstić information content (AvgIpc) is 3.71. The lowest BCUT2D eigenvalue weighted by Crippen LogP contribution is -2.57. The van der Waals surface area contributed by atoms with Crippen molar-refractivity contribution in [2.75, 3.05) is 33.4 Å². The van der Waals surface area contributed by atoms with Crippen molar-refractivity contribution < 1.29 is 23.4 Å². The fourth-order valence-corrected chi connectivity index (χ4v) is 7.80. The second-order valence-corrected chi connectivity index (χ2v) is 13.4. The Labute approximate surface area is 270 Å². The first-order valence-corrected chi connectivity index (χ1v) is 16.6. The molecule has 46 heavy (non-hydrogen) atoms. The number of hydrogen-bond donors (Lipinski definition) is 0. The number of methoxy groups -OCH3 is 1. The van der Waals surface area contributed by atoms with Crippen molar-refractivity contribution in [2.24, 2.45) is 0 Å². The number of rotatable bonds is 9. The number of hydrogen-bond acceptors (Lipinski definition) is 8. The molecular formula is C33H40FN5O6S. The van der Waals surface area contributed by atoms with Crippen LogP contribution in [0.2, 0.25) is 0 Å². The van der Waals surface area contributed by atoms with Gasteiger partial charge in [-0.25, -0.2) is 18.4 Å². The molecule has 6 rings (SSSR count). The fourth-order valence-electron chi connectivity index (χ4n) is 6.56. The summed E-state index contributed by atoms with van der Waals surface area (Å²) >= 11 is 1.26. The van der Waals surface area contributed by atoms with E-state index in [0.717, 1.165) is 23.8 Å². The van der Waals surface area contributed by atoms with Crippen LogP contribution < -0.4 is 16.0 Å². The molecule has 13 heteroatoms. The van der Waals surface area contributed by atoms with Crippen molar-refractivity contribution >= 4 is 27.5 Å². The summed E-state index contributed by atoms with van der Waals surface area (Å²) in [6.45, 7) is 7.23. The molecule has 2 fully saturated rings. The van der Waals surface area contributed by atoms with Crippen LogP contribution in [0, 0.1) is 12.7 Å². The van der Waals surface area contributed by atoms with Gasteiger partial charge in [0.1, 0.15) is 33.0 Å². The first-order chi connectivity index (χ1) is 22.1. The van der Waals surface area contributed by atoms with E-state index in [4.69, 9.17) is 14.2 Å². The van der Waals surface area contributed by atoms with Gasteiger partial charge in [0.25, 0.3) is 5.56 Å². The van der Waals surface area contributed by atoms with E-state index in [-0.39, 0.29) is 18.6 Å². The molecule has 246 valence electrons. The lowest BCUT2D eigenvalue weighted by atomic mass is 10.00. The molecule has 0 unspecified atom stereocenters. The van der Waals surface area contributed by atoms with Crippen molar-refractivity contribution in [3.05, 3.63) is 74.4 Å². The Hall–Kier alpha value is -3.81. The highest BCUT2D eigenvalue weighted by Crippen LogP contribution is 2.36. The van der Waals surface area contributed by atoms with Gasteiger partial charge in [0.2, 0.25) is 5.91 Å². The molecule has 0 bridgehead atoms. The molecule has 1 amide bonds. The summed E-state index contributed by atoms with van der Waals surface area (Å²) in [6, 6.07) is 5.99. The van der Waals surface area contributed by atoms with E-state index in [1.54, 1.807) is 41.9 Å². The zero-order valence-corrected chi connectivity index (χ0v) is 27.5. The second-order valence-electron chi connectivity index (χ2n) is 12.4. The van der Waals surface area contributed by atoms with Crippen LogP contribution in [0.25, 0.3) is 15.2 Å². The lowest BCUT2D eigenvalue weighted by molar-refractivity contribution is -0.140. The van der Waals surface area contributed by atoms with E-state index < -0.39 is 28.7 Å². The molecule has 0 radical (unpaired) electrons. The van der Waals surface area contributed by atoms with Gasteiger partial charge in [-0.3, -0.25) is 14.2 Å². The van der Waals surface area contributed by atoms with Gasteiger partial charge >= 0.3 is 5.69 Å². The van der Waals surface area contributed by atoms with Gasteiger partial charge in [-0.2, -0.15) is 5.10 Å². The SMILES string of the molecule is COc1ccc(F)cc1[C@H](Cn1c(=O)n(C(C)(C)C(=O)N2CCCCC2)c(=O)c2c(C)c(-n3cccn3)sc21)OC1CCOCC1. The number of thiophene rings is 1. The molecule has 5 heterocycles. The third kappa shape index (κ3) is 5.91. The minimum absolute atomic E-state index is 0.0563. The van der Waals surface area contributed by atoms with Gasteiger partial charge in [-0.15, -0.1) is 0 Å². The molecule has 0 aliphatic carbocycles. The van der Waals surface area contributed by atoms with Crippen molar-refractivity contribution in [3.63, 3.8) is 0 Å². The summed E-state index contributed by atoms with van der Waals surface area (Å²) < 4.78 is 36.8. The molecule has 0 spiro atoms. The zero-order valence-electron chi connectivity index (χ0n) is 26.7. The number of aromatic nitrogens is 4. The highest BCUT2D eigenvalue weighted by Gasteiger charge is 2.39. The van der Waals surface area contributed by atoms with Crippen molar-refractivity contribution in [3.8, 4) is 10.8 Å². The molecule has 4 aromatic rings. The van der Waals surface area contributed by atoms with E-state index >= 15 is 0 Å². The third-order valence-electron chi connectivity index (χ3n) is 9.04. The summed E-state index contributed by atoms with van der Waals surface area (Å²) in [7, 11) is 1.50. The molecule has 1 aromatic carbocycles. The topological polar surface area (TPSA) is 110 Å². The smallest absolute Gasteiger partial charge is 0.333 e. The molecular weight excluding hydrogens is 613 g/mol. The van der Waals surface area contributed by atoms with Gasteiger partial charge in [0, 0.05) is 49.8 Å². The fraction of sp³-hybridized carbons (Fsp3) is 0.515. The Kier molecular flexibility index (Phi) is 9.17. The van der Waals surface area contributed by atoms with Gasteiger partial charge in [0.15, 0.2) is 0 Å². The Balaban J connectivity index is 1.57. The second kappa shape index (κ2) is 13.1. The average molecular weight is 654 g/mol. The molecule has 11 nitrogen and oxygen atoms in total. The highest BCUT2D eigenvalue weighted by atomic mass is 32.1. The van der Waals surface area contributed by atoms with E-state index in [0.29, 0.717) is 71.2 Å². The molecule has 2 aliphatic rings. The number of nitrogens with zero attached hydrogens (tertiary/aromatic N) is 5. The number of ether oxygens (including phenoxy) is 3. The Morgan fingerprint density at radius 1 is 1.17 bits per heavy atom. The van der Waals surface area contributed by atoms with Gasteiger partial charge < -0.3 is 19.1 Å². The van der Waals surface area contributed by atoms with Crippen LogP contribution in [0.4, 0.5) is 4.39 Å². The number of fused-ring (bicyclic) bond motifs is 1. The molecule has 2 saturated heterocycles.